The summed E-state index contributed by atoms with van der Waals surface area (Å²) in [7, 11) is 0. The Morgan fingerprint density at radius 2 is 1.79 bits per heavy atom. The summed E-state index contributed by atoms with van der Waals surface area (Å²) < 4.78 is 27.0. The van der Waals surface area contributed by atoms with Crippen molar-refractivity contribution in [2.45, 2.75) is 6.04 Å². The van der Waals surface area contributed by atoms with E-state index in [4.69, 9.17) is 29.0 Å². The van der Waals surface area contributed by atoms with Gasteiger partial charge >= 0.3 is 0 Å². The number of hydrogen-bond donors (Lipinski definition) is 2. The second kappa shape index (κ2) is 5.84. The zero-order valence-corrected chi connectivity index (χ0v) is 11.1. The molecular formula is C13H10Cl2F2N2. The van der Waals surface area contributed by atoms with Crippen LogP contribution in [0.4, 0.5) is 8.78 Å². The molecule has 100 valence electrons. The molecule has 0 aliphatic rings. The van der Waals surface area contributed by atoms with Crippen LogP contribution in [0.5, 0.6) is 0 Å². The normalized spacial score (nSPS) is 12.5. The highest BCUT2D eigenvalue weighted by Gasteiger charge is 2.20. The van der Waals surface area contributed by atoms with E-state index in [2.05, 4.69) is 5.43 Å². The van der Waals surface area contributed by atoms with Crippen LogP contribution >= 0.6 is 23.2 Å². The minimum absolute atomic E-state index is 0.0617. The third-order valence-corrected chi connectivity index (χ3v) is 3.56. The molecule has 2 rings (SSSR count). The SMILES string of the molecule is NNC(c1cc(F)ccc1F)c1cccc(Cl)c1Cl. The Kier molecular flexibility index (Phi) is 4.37. The molecule has 0 fully saturated rings. The van der Waals surface area contributed by atoms with Gasteiger partial charge in [-0.15, -0.1) is 0 Å². The van der Waals surface area contributed by atoms with E-state index in [9.17, 15) is 8.78 Å². The fourth-order valence-electron chi connectivity index (χ4n) is 1.83. The standard InChI is InChI=1S/C13H10Cl2F2N2/c14-10-3-1-2-8(12(10)15)13(19-18)9-6-7(16)4-5-11(9)17/h1-6,13,19H,18H2. The molecule has 3 N–H and O–H groups in total. The zero-order valence-electron chi connectivity index (χ0n) is 9.63. The van der Waals surface area contributed by atoms with E-state index in [1.54, 1.807) is 18.2 Å². The first kappa shape index (κ1) is 14.2. The predicted molar refractivity (Wildman–Crippen MR) is 72.0 cm³/mol. The molecule has 0 heterocycles. The topological polar surface area (TPSA) is 38.0 Å². The third kappa shape index (κ3) is 2.87. The Morgan fingerprint density at radius 3 is 2.47 bits per heavy atom. The maximum absolute atomic E-state index is 13.8. The van der Waals surface area contributed by atoms with Crippen molar-refractivity contribution in [3.8, 4) is 0 Å². The van der Waals surface area contributed by atoms with E-state index in [0.29, 0.717) is 10.6 Å². The number of hydrazine groups is 1. The quantitative estimate of drug-likeness (QED) is 0.668. The average molecular weight is 303 g/mol. The van der Waals surface area contributed by atoms with E-state index in [0.717, 1.165) is 18.2 Å². The van der Waals surface area contributed by atoms with Crippen molar-refractivity contribution in [1.82, 2.24) is 5.43 Å². The van der Waals surface area contributed by atoms with Gasteiger partial charge in [-0.05, 0) is 29.8 Å². The minimum atomic E-state index is -0.790. The van der Waals surface area contributed by atoms with E-state index in [1.807, 2.05) is 0 Å². The summed E-state index contributed by atoms with van der Waals surface area (Å²) in [5, 5.41) is 0.562. The minimum Gasteiger partial charge on any atom is -0.271 e. The summed E-state index contributed by atoms with van der Waals surface area (Å²) in [6.45, 7) is 0. The smallest absolute Gasteiger partial charge is 0.128 e. The van der Waals surface area contributed by atoms with Crippen LogP contribution in [0.25, 0.3) is 0 Å². The molecule has 0 spiro atoms. The second-order valence-corrected chi connectivity index (χ2v) is 4.69. The fraction of sp³-hybridized carbons (Fsp3) is 0.0769. The average Bonchev–Trinajstić information content (AvgIpc) is 2.39. The molecule has 2 nitrogen and oxygen atoms in total. The van der Waals surface area contributed by atoms with E-state index in [-0.39, 0.29) is 10.6 Å². The van der Waals surface area contributed by atoms with Gasteiger partial charge in [0.05, 0.1) is 16.1 Å². The molecule has 0 saturated heterocycles. The maximum Gasteiger partial charge on any atom is 0.128 e. The van der Waals surface area contributed by atoms with Crippen molar-refractivity contribution in [3.05, 3.63) is 69.2 Å². The highest BCUT2D eigenvalue weighted by atomic mass is 35.5. The van der Waals surface area contributed by atoms with Crippen LogP contribution in [0.15, 0.2) is 36.4 Å². The van der Waals surface area contributed by atoms with Crippen molar-refractivity contribution < 1.29 is 8.78 Å². The van der Waals surface area contributed by atoms with Gasteiger partial charge < -0.3 is 0 Å². The molecule has 0 aliphatic heterocycles. The Morgan fingerprint density at radius 1 is 1.05 bits per heavy atom. The lowest BCUT2D eigenvalue weighted by atomic mass is 9.98. The lowest BCUT2D eigenvalue weighted by Gasteiger charge is -2.19. The monoisotopic (exact) mass is 302 g/mol. The van der Waals surface area contributed by atoms with Crippen LogP contribution in [0.3, 0.4) is 0 Å². The first-order valence-corrected chi connectivity index (χ1v) is 6.15. The predicted octanol–water partition coefficient (Wildman–Crippen LogP) is 3.82. The second-order valence-electron chi connectivity index (χ2n) is 3.91. The van der Waals surface area contributed by atoms with Crippen LogP contribution in [0, 0.1) is 11.6 Å². The van der Waals surface area contributed by atoms with Gasteiger partial charge in [-0.3, -0.25) is 5.84 Å². The van der Waals surface area contributed by atoms with Gasteiger partial charge in [-0.25, -0.2) is 14.2 Å². The van der Waals surface area contributed by atoms with Crippen molar-refractivity contribution >= 4 is 23.2 Å². The van der Waals surface area contributed by atoms with Crippen LogP contribution in [0.2, 0.25) is 10.0 Å². The van der Waals surface area contributed by atoms with Gasteiger partial charge in [0.1, 0.15) is 11.6 Å². The summed E-state index contributed by atoms with van der Waals surface area (Å²) in [6, 6.07) is 7.25. The van der Waals surface area contributed by atoms with Crippen molar-refractivity contribution in [2.75, 3.05) is 0 Å². The van der Waals surface area contributed by atoms with Gasteiger partial charge in [0.25, 0.3) is 0 Å². The van der Waals surface area contributed by atoms with E-state index in [1.165, 1.54) is 0 Å². The van der Waals surface area contributed by atoms with E-state index >= 15 is 0 Å². The van der Waals surface area contributed by atoms with Crippen LogP contribution < -0.4 is 11.3 Å². The maximum atomic E-state index is 13.8. The highest BCUT2D eigenvalue weighted by Crippen LogP contribution is 2.33. The number of rotatable bonds is 3. The molecule has 1 atom stereocenters. The summed E-state index contributed by atoms with van der Waals surface area (Å²) in [5.74, 6) is 4.29. The van der Waals surface area contributed by atoms with Crippen LogP contribution in [-0.4, -0.2) is 0 Å². The summed E-state index contributed by atoms with van der Waals surface area (Å²) >= 11 is 12.0. The number of benzene rings is 2. The lowest BCUT2D eigenvalue weighted by molar-refractivity contribution is 0.545. The highest BCUT2D eigenvalue weighted by molar-refractivity contribution is 6.42. The largest absolute Gasteiger partial charge is 0.271 e. The molecule has 2 aromatic rings. The fourth-order valence-corrected chi connectivity index (χ4v) is 2.24. The number of halogens is 4. The molecule has 1 unspecified atom stereocenters. The van der Waals surface area contributed by atoms with Gasteiger partial charge in [-0.1, -0.05) is 35.3 Å². The number of nitrogens with two attached hydrogens (primary N) is 1. The van der Waals surface area contributed by atoms with Crippen LogP contribution in [0.1, 0.15) is 17.2 Å². The molecule has 0 saturated carbocycles. The summed E-state index contributed by atoms with van der Waals surface area (Å²) in [5.41, 5.74) is 2.96. The molecular weight excluding hydrogens is 293 g/mol. The van der Waals surface area contributed by atoms with Gasteiger partial charge in [-0.2, -0.15) is 0 Å². The van der Waals surface area contributed by atoms with Gasteiger partial charge in [0, 0.05) is 5.56 Å². The first-order valence-electron chi connectivity index (χ1n) is 5.39. The molecule has 0 aliphatic carbocycles. The number of nitrogens with one attached hydrogen (secondary N) is 1. The first-order chi connectivity index (χ1) is 9.04. The summed E-state index contributed by atoms with van der Waals surface area (Å²) in [6.07, 6.45) is 0. The Balaban J connectivity index is 2.56. The number of hydrogen-bond acceptors (Lipinski definition) is 2. The molecule has 19 heavy (non-hydrogen) atoms. The van der Waals surface area contributed by atoms with Gasteiger partial charge in [0.15, 0.2) is 0 Å². The molecule has 0 amide bonds. The molecule has 0 bridgehead atoms. The van der Waals surface area contributed by atoms with Crippen LogP contribution in [-0.2, 0) is 0 Å². The zero-order chi connectivity index (χ0) is 14.0. The van der Waals surface area contributed by atoms with E-state index < -0.39 is 17.7 Å². The lowest BCUT2D eigenvalue weighted by Crippen LogP contribution is -2.30. The Bertz CT molecular complexity index is 603. The van der Waals surface area contributed by atoms with Crippen molar-refractivity contribution in [3.63, 3.8) is 0 Å². The molecule has 2 aromatic carbocycles. The summed E-state index contributed by atoms with van der Waals surface area (Å²) in [4.78, 5) is 0. The van der Waals surface area contributed by atoms with Gasteiger partial charge in [0.2, 0.25) is 0 Å². The third-order valence-electron chi connectivity index (χ3n) is 2.73. The Labute approximate surface area is 119 Å². The Hall–Kier alpha value is -1.20. The molecule has 6 heteroatoms. The van der Waals surface area contributed by atoms with Crippen molar-refractivity contribution in [1.29, 1.82) is 0 Å². The molecule has 0 aromatic heterocycles. The molecule has 0 radical (unpaired) electrons. The van der Waals surface area contributed by atoms with Crippen molar-refractivity contribution in [2.24, 2.45) is 5.84 Å².